The summed E-state index contributed by atoms with van der Waals surface area (Å²) in [6.07, 6.45) is 5.52. The standard InChI is InChI=1S/C24H33N3O3S/c1-2-21-12-14-22(15-13-21)27(31(29,30)23-10-5-3-6-11-23)20-24(28)25-16-9-19-26-17-7-4-8-18-26/h3,5-6,10-15H,2,4,7-9,16-20H2,1H3,(H,25,28). The Hall–Kier alpha value is -2.38. The molecule has 168 valence electrons. The van der Waals surface area contributed by atoms with Crippen molar-refractivity contribution in [1.82, 2.24) is 10.2 Å². The highest BCUT2D eigenvalue weighted by Crippen LogP contribution is 2.24. The Labute approximate surface area is 186 Å². The van der Waals surface area contributed by atoms with E-state index in [1.807, 2.05) is 19.1 Å². The van der Waals surface area contributed by atoms with Crippen LogP contribution in [0.1, 0.15) is 38.2 Å². The number of nitrogens with zero attached hydrogens (tertiary/aromatic N) is 2. The minimum absolute atomic E-state index is 0.174. The third-order valence-corrected chi connectivity index (χ3v) is 7.46. The van der Waals surface area contributed by atoms with Crippen LogP contribution in [0.5, 0.6) is 0 Å². The Kier molecular flexibility index (Phi) is 8.49. The van der Waals surface area contributed by atoms with Gasteiger partial charge in [0.25, 0.3) is 10.0 Å². The number of anilines is 1. The number of amides is 1. The molecule has 0 bridgehead atoms. The second-order valence-electron chi connectivity index (χ2n) is 7.95. The predicted molar refractivity (Wildman–Crippen MR) is 125 cm³/mol. The molecule has 0 spiro atoms. The highest BCUT2D eigenvalue weighted by molar-refractivity contribution is 7.92. The van der Waals surface area contributed by atoms with Gasteiger partial charge in [0.05, 0.1) is 10.6 Å². The van der Waals surface area contributed by atoms with Crippen molar-refractivity contribution in [2.24, 2.45) is 0 Å². The van der Waals surface area contributed by atoms with Gasteiger partial charge in [-0.2, -0.15) is 0 Å². The van der Waals surface area contributed by atoms with Gasteiger partial charge in [-0.3, -0.25) is 9.10 Å². The van der Waals surface area contributed by atoms with E-state index >= 15 is 0 Å². The summed E-state index contributed by atoms with van der Waals surface area (Å²) in [4.78, 5) is 15.2. The molecule has 0 aliphatic carbocycles. The second kappa shape index (κ2) is 11.3. The summed E-state index contributed by atoms with van der Waals surface area (Å²) in [5.41, 5.74) is 1.60. The molecule has 1 saturated heterocycles. The number of hydrogen-bond acceptors (Lipinski definition) is 4. The molecule has 1 amide bonds. The van der Waals surface area contributed by atoms with Gasteiger partial charge in [-0.25, -0.2) is 8.42 Å². The van der Waals surface area contributed by atoms with Gasteiger partial charge in [0, 0.05) is 6.54 Å². The first-order valence-electron chi connectivity index (χ1n) is 11.2. The molecule has 1 aliphatic rings. The average Bonchev–Trinajstić information content (AvgIpc) is 2.81. The Morgan fingerprint density at radius 1 is 1.00 bits per heavy atom. The van der Waals surface area contributed by atoms with E-state index in [-0.39, 0.29) is 17.3 Å². The highest BCUT2D eigenvalue weighted by atomic mass is 32.2. The van der Waals surface area contributed by atoms with E-state index in [4.69, 9.17) is 0 Å². The SMILES string of the molecule is CCc1ccc(N(CC(=O)NCCCN2CCCCC2)S(=O)(=O)c2ccccc2)cc1. The summed E-state index contributed by atoms with van der Waals surface area (Å²) in [6, 6.07) is 15.6. The van der Waals surface area contributed by atoms with Crippen molar-refractivity contribution in [3.8, 4) is 0 Å². The largest absolute Gasteiger partial charge is 0.354 e. The third kappa shape index (κ3) is 6.55. The number of benzene rings is 2. The topological polar surface area (TPSA) is 69.7 Å². The zero-order valence-electron chi connectivity index (χ0n) is 18.3. The first-order chi connectivity index (χ1) is 15.0. The van der Waals surface area contributed by atoms with Gasteiger partial charge in [-0.15, -0.1) is 0 Å². The molecule has 0 atom stereocenters. The minimum Gasteiger partial charge on any atom is -0.354 e. The van der Waals surface area contributed by atoms with E-state index < -0.39 is 10.0 Å². The van der Waals surface area contributed by atoms with Crippen molar-refractivity contribution >= 4 is 21.6 Å². The first kappa shape index (κ1) is 23.3. The van der Waals surface area contributed by atoms with Gasteiger partial charge in [0.1, 0.15) is 6.54 Å². The Bertz CT molecular complexity index is 924. The van der Waals surface area contributed by atoms with Gasteiger partial charge in [-0.1, -0.05) is 43.7 Å². The molecule has 2 aromatic carbocycles. The summed E-state index contributed by atoms with van der Waals surface area (Å²) in [5, 5.41) is 2.90. The maximum absolute atomic E-state index is 13.3. The van der Waals surface area contributed by atoms with Crippen LogP contribution in [0.25, 0.3) is 0 Å². The molecule has 6 nitrogen and oxygen atoms in total. The summed E-state index contributed by atoms with van der Waals surface area (Å²) >= 11 is 0. The van der Waals surface area contributed by atoms with Crippen molar-refractivity contribution < 1.29 is 13.2 Å². The number of nitrogens with one attached hydrogen (secondary N) is 1. The van der Waals surface area contributed by atoms with Crippen molar-refractivity contribution in [1.29, 1.82) is 0 Å². The van der Waals surface area contributed by atoms with Crippen LogP contribution in [0.15, 0.2) is 59.5 Å². The molecule has 1 aliphatic heterocycles. The fourth-order valence-corrected chi connectivity index (χ4v) is 5.27. The summed E-state index contributed by atoms with van der Waals surface area (Å²) in [5.74, 6) is -0.294. The van der Waals surface area contributed by atoms with E-state index in [0.717, 1.165) is 38.0 Å². The maximum atomic E-state index is 13.3. The molecule has 1 N–H and O–H groups in total. The van der Waals surface area contributed by atoms with Crippen LogP contribution in [-0.2, 0) is 21.2 Å². The smallest absolute Gasteiger partial charge is 0.264 e. The van der Waals surface area contributed by atoms with Gasteiger partial charge in [-0.05, 0) is 75.1 Å². The number of carbonyl (C=O) groups is 1. The Morgan fingerprint density at radius 3 is 2.32 bits per heavy atom. The number of sulfonamides is 1. The molecule has 3 rings (SSSR count). The minimum atomic E-state index is -3.85. The van der Waals surface area contributed by atoms with E-state index in [2.05, 4.69) is 10.2 Å². The number of rotatable bonds is 10. The van der Waals surface area contributed by atoms with Crippen molar-refractivity contribution in [2.75, 3.05) is 37.0 Å². The van der Waals surface area contributed by atoms with Crippen LogP contribution >= 0.6 is 0 Å². The molecule has 31 heavy (non-hydrogen) atoms. The van der Waals surface area contributed by atoms with E-state index in [1.54, 1.807) is 42.5 Å². The number of aryl methyl sites for hydroxylation is 1. The summed E-state index contributed by atoms with van der Waals surface area (Å²) in [7, 11) is -3.85. The lowest BCUT2D eigenvalue weighted by atomic mass is 10.1. The normalized spacial score (nSPS) is 14.9. The number of likely N-dealkylation sites (tertiary alicyclic amines) is 1. The van der Waals surface area contributed by atoms with Crippen molar-refractivity contribution in [2.45, 2.75) is 43.9 Å². The molecule has 0 aromatic heterocycles. The molecule has 0 radical (unpaired) electrons. The third-order valence-electron chi connectivity index (χ3n) is 5.67. The second-order valence-corrected chi connectivity index (χ2v) is 9.81. The molecular weight excluding hydrogens is 410 g/mol. The van der Waals surface area contributed by atoms with Crippen LogP contribution in [0.2, 0.25) is 0 Å². The summed E-state index contributed by atoms with van der Waals surface area (Å²) in [6.45, 7) is 5.57. The molecule has 0 unspecified atom stereocenters. The van der Waals surface area contributed by atoms with Crippen LogP contribution in [-0.4, -0.2) is 51.9 Å². The van der Waals surface area contributed by atoms with E-state index in [0.29, 0.717) is 12.2 Å². The molecule has 1 heterocycles. The number of carbonyl (C=O) groups excluding carboxylic acids is 1. The number of piperidine rings is 1. The Morgan fingerprint density at radius 2 is 1.68 bits per heavy atom. The monoisotopic (exact) mass is 443 g/mol. The van der Waals surface area contributed by atoms with Crippen LogP contribution in [0, 0.1) is 0 Å². The predicted octanol–water partition coefficient (Wildman–Crippen LogP) is 3.44. The lowest BCUT2D eigenvalue weighted by Crippen LogP contribution is -2.41. The summed E-state index contributed by atoms with van der Waals surface area (Å²) < 4.78 is 27.8. The van der Waals surface area contributed by atoms with Crippen LogP contribution < -0.4 is 9.62 Å². The van der Waals surface area contributed by atoms with Gasteiger partial charge in [0.2, 0.25) is 5.91 Å². The zero-order valence-corrected chi connectivity index (χ0v) is 19.1. The van der Waals surface area contributed by atoms with Crippen LogP contribution in [0.4, 0.5) is 5.69 Å². The number of hydrogen-bond donors (Lipinski definition) is 1. The molecule has 0 saturated carbocycles. The highest BCUT2D eigenvalue weighted by Gasteiger charge is 2.27. The quantitative estimate of drug-likeness (QED) is 0.571. The average molecular weight is 444 g/mol. The molecule has 2 aromatic rings. The Balaban J connectivity index is 1.66. The lowest BCUT2D eigenvalue weighted by molar-refractivity contribution is -0.119. The zero-order chi connectivity index (χ0) is 22.1. The van der Waals surface area contributed by atoms with Crippen molar-refractivity contribution in [3.05, 3.63) is 60.2 Å². The molecule has 1 fully saturated rings. The lowest BCUT2D eigenvalue weighted by Gasteiger charge is -2.26. The molecule has 7 heteroatoms. The van der Waals surface area contributed by atoms with E-state index in [1.165, 1.54) is 23.6 Å². The fraction of sp³-hybridized carbons (Fsp3) is 0.458. The van der Waals surface area contributed by atoms with Gasteiger partial charge in [0.15, 0.2) is 0 Å². The van der Waals surface area contributed by atoms with Crippen molar-refractivity contribution in [3.63, 3.8) is 0 Å². The fourth-order valence-electron chi connectivity index (χ4n) is 3.83. The maximum Gasteiger partial charge on any atom is 0.264 e. The van der Waals surface area contributed by atoms with E-state index in [9.17, 15) is 13.2 Å². The van der Waals surface area contributed by atoms with Gasteiger partial charge < -0.3 is 10.2 Å². The van der Waals surface area contributed by atoms with Crippen LogP contribution in [0.3, 0.4) is 0 Å². The first-order valence-corrected chi connectivity index (χ1v) is 12.6. The molecular formula is C24H33N3O3S. The van der Waals surface area contributed by atoms with Gasteiger partial charge >= 0.3 is 0 Å².